The molecule has 0 radical (unpaired) electrons. The molecule has 2 atom stereocenters. The Morgan fingerprint density at radius 1 is 1.48 bits per heavy atom. The van der Waals surface area contributed by atoms with Gasteiger partial charge in [0.15, 0.2) is 11.3 Å². The van der Waals surface area contributed by atoms with Gasteiger partial charge in [0.2, 0.25) is 0 Å². The summed E-state index contributed by atoms with van der Waals surface area (Å²) in [6, 6.07) is 0. The number of rotatable bonds is 4. The first kappa shape index (κ1) is 17.6. The smallest absolute Gasteiger partial charge is 0.345 e. The number of hydrogen-bond acceptors (Lipinski definition) is 5. The number of nitrogens with one attached hydrogen (secondary N) is 1. The second-order valence-electron chi connectivity index (χ2n) is 7.89. The van der Waals surface area contributed by atoms with E-state index < -0.39 is 0 Å². The fourth-order valence-corrected chi connectivity index (χ4v) is 3.98. The molecule has 2 heterocycles. The van der Waals surface area contributed by atoms with Crippen molar-refractivity contribution in [1.82, 2.24) is 29.7 Å². The third kappa shape index (κ3) is 3.57. The third-order valence-electron chi connectivity index (χ3n) is 5.01. The molecule has 1 aliphatic rings. The van der Waals surface area contributed by atoms with E-state index in [-0.39, 0.29) is 28.5 Å². The summed E-state index contributed by atoms with van der Waals surface area (Å²) in [6.07, 6.45) is 6.76. The molecular formula is C17H26N6O2. The van der Waals surface area contributed by atoms with Crippen LogP contribution in [-0.4, -0.2) is 35.8 Å². The number of carbonyl (C=O) groups is 1. The Bertz CT molecular complexity index is 839. The minimum atomic E-state index is -0.377. The minimum Gasteiger partial charge on any atom is -0.345 e. The van der Waals surface area contributed by atoms with Crippen LogP contribution in [0.3, 0.4) is 0 Å². The number of aromatic nitrogens is 5. The highest BCUT2D eigenvalue weighted by Gasteiger charge is 2.34. The van der Waals surface area contributed by atoms with Crippen molar-refractivity contribution in [2.24, 2.45) is 18.9 Å². The second-order valence-corrected chi connectivity index (χ2v) is 7.89. The van der Waals surface area contributed by atoms with Crippen LogP contribution in [0.25, 0.3) is 5.65 Å². The zero-order chi connectivity index (χ0) is 18.2. The molecule has 25 heavy (non-hydrogen) atoms. The van der Waals surface area contributed by atoms with Crippen molar-refractivity contribution in [2.45, 2.75) is 58.4 Å². The molecule has 2 aromatic heterocycles. The zero-order valence-corrected chi connectivity index (χ0v) is 15.3. The molecule has 8 heteroatoms. The lowest BCUT2D eigenvalue weighted by atomic mass is 9.74. The van der Waals surface area contributed by atoms with Gasteiger partial charge >= 0.3 is 5.69 Å². The predicted octanol–water partition coefficient (Wildman–Crippen LogP) is 1.55. The van der Waals surface area contributed by atoms with E-state index in [1.165, 1.54) is 30.6 Å². The molecule has 1 amide bonds. The number of amides is 1. The molecule has 0 aliphatic heterocycles. The molecule has 2 aromatic rings. The molecule has 3 rings (SSSR count). The van der Waals surface area contributed by atoms with Gasteiger partial charge in [-0.05, 0) is 38.0 Å². The van der Waals surface area contributed by atoms with Crippen molar-refractivity contribution in [3.05, 3.63) is 22.5 Å². The molecule has 1 saturated carbocycles. The number of imidazole rings is 1. The molecule has 136 valence electrons. The van der Waals surface area contributed by atoms with Crippen molar-refractivity contribution in [2.75, 3.05) is 0 Å². The van der Waals surface area contributed by atoms with Crippen LogP contribution in [0.1, 0.15) is 63.4 Å². The summed E-state index contributed by atoms with van der Waals surface area (Å²) in [6.45, 7) is 6.57. The Labute approximate surface area is 146 Å². The van der Waals surface area contributed by atoms with Gasteiger partial charge in [0, 0.05) is 12.6 Å². The van der Waals surface area contributed by atoms with Gasteiger partial charge in [0.25, 0.3) is 5.91 Å². The minimum absolute atomic E-state index is 0.150. The Kier molecular flexibility index (Phi) is 4.62. The molecule has 1 aliphatic carbocycles. The molecule has 8 nitrogen and oxygen atoms in total. The van der Waals surface area contributed by atoms with Crippen LogP contribution in [0.4, 0.5) is 0 Å². The number of nitrogens with zero attached hydrogens (tertiary/aromatic N) is 5. The van der Waals surface area contributed by atoms with Gasteiger partial charge in [0.05, 0.1) is 0 Å². The number of aryl methyl sites for hydroxylation is 1. The van der Waals surface area contributed by atoms with E-state index in [4.69, 9.17) is 0 Å². The highest BCUT2D eigenvalue weighted by molar-refractivity contribution is 5.98. The molecule has 0 bridgehead atoms. The van der Waals surface area contributed by atoms with Crippen LogP contribution in [0.2, 0.25) is 0 Å². The fraction of sp³-hybridized carbons (Fsp3) is 0.706. The largest absolute Gasteiger partial charge is 0.352 e. The van der Waals surface area contributed by atoms with E-state index in [1.807, 2.05) is 0 Å². The van der Waals surface area contributed by atoms with Crippen molar-refractivity contribution >= 4 is 11.6 Å². The number of fused-ring (bicyclic) bond motifs is 1. The molecule has 1 N–H and O–H groups in total. The molecule has 0 spiro atoms. The van der Waals surface area contributed by atoms with Gasteiger partial charge in [-0.3, -0.25) is 4.79 Å². The lowest BCUT2D eigenvalue weighted by Crippen LogP contribution is -2.49. The van der Waals surface area contributed by atoms with Crippen LogP contribution < -0.4 is 11.0 Å². The summed E-state index contributed by atoms with van der Waals surface area (Å²) < 4.78 is 2.35. The van der Waals surface area contributed by atoms with Crippen LogP contribution in [0, 0.1) is 11.8 Å². The Morgan fingerprint density at radius 3 is 2.96 bits per heavy atom. The maximum Gasteiger partial charge on any atom is 0.352 e. The first-order valence-electron chi connectivity index (χ1n) is 8.88. The second kappa shape index (κ2) is 6.57. The number of hydrogen-bond donors (Lipinski definition) is 1. The highest BCUT2D eigenvalue weighted by Crippen LogP contribution is 2.35. The molecule has 0 aromatic carbocycles. The normalized spacial score (nSPS) is 24.0. The van der Waals surface area contributed by atoms with Crippen LogP contribution >= 0.6 is 0 Å². The van der Waals surface area contributed by atoms with Gasteiger partial charge < -0.3 is 5.32 Å². The van der Waals surface area contributed by atoms with E-state index in [0.29, 0.717) is 11.8 Å². The average molecular weight is 346 g/mol. The monoisotopic (exact) mass is 346 g/mol. The lowest BCUT2D eigenvalue weighted by molar-refractivity contribution is 0.0848. The van der Waals surface area contributed by atoms with E-state index in [1.54, 1.807) is 0 Å². The maximum absolute atomic E-state index is 12.8. The summed E-state index contributed by atoms with van der Waals surface area (Å²) in [7, 11) is 1.51. The lowest BCUT2D eigenvalue weighted by Gasteiger charge is -2.39. The van der Waals surface area contributed by atoms with Gasteiger partial charge in [0.1, 0.15) is 6.33 Å². The molecular weight excluding hydrogens is 320 g/mol. The van der Waals surface area contributed by atoms with E-state index in [0.717, 1.165) is 23.9 Å². The summed E-state index contributed by atoms with van der Waals surface area (Å²) >= 11 is 0. The average Bonchev–Trinajstić information content (AvgIpc) is 2.94. The van der Waals surface area contributed by atoms with E-state index >= 15 is 0 Å². The van der Waals surface area contributed by atoms with Crippen LogP contribution in [0.5, 0.6) is 0 Å². The number of carbonyl (C=O) groups excluding carboxylic acids is 1. The summed E-state index contributed by atoms with van der Waals surface area (Å²) in [5, 5.41) is 10.8. The Hall–Kier alpha value is -2.25. The quantitative estimate of drug-likeness (QED) is 0.906. The Balaban J connectivity index is 1.80. The van der Waals surface area contributed by atoms with Crippen LogP contribution in [0.15, 0.2) is 11.1 Å². The highest BCUT2D eigenvalue weighted by atomic mass is 16.2. The maximum atomic E-state index is 12.8. The van der Waals surface area contributed by atoms with Crippen molar-refractivity contribution < 1.29 is 4.79 Å². The summed E-state index contributed by atoms with van der Waals surface area (Å²) in [5.41, 5.74) is -0.286. The molecule has 1 fully saturated rings. The van der Waals surface area contributed by atoms with Gasteiger partial charge in [-0.15, -0.1) is 5.10 Å². The topological polar surface area (TPSA) is 94.2 Å². The van der Waals surface area contributed by atoms with Crippen molar-refractivity contribution in [1.29, 1.82) is 0 Å². The van der Waals surface area contributed by atoms with Gasteiger partial charge in [-0.1, -0.05) is 31.9 Å². The van der Waals surface area contributed by atoms with Crippen molar-refractivity contribution in [3.63, 3.8) is 0 Å². The van der Waals surface area contributed by atoms with Gasteiger partial charge in [-0.25, -0.2) is 14.2 Å². The predicted molar refractivity (Wildman–Crippen MR) is 93.3 cm³/mol. The van der Waals surface area contributed by atoms with Gasteiger partial charge in [-0.2, -0.15) is 4.68 Å². The SMILES string of the molecule is CC(C)CC1CCCC(C)(NC(=O)c2ncn3c(=O)n(C)nnc23)C1. The van der Waals surface area contributed by atoms with Crippen LogP contribution in [-0.2, 0) is 7.05 Å². The van der Waals surface area contributed by atoms with E-state index in [2.05, 4.69) is 41.4 Å². The first-order valence-corrected chi connectivity index (χ1v) is 8.88. The third-order valence-corrected chi connectivity index (χ3v) is 5.01. The standard InChI is InChI=1S/C17H26N6O2/c1-11(2)8-12-6-5-7-17(3,9-12)19-15(24)13-14-20-21-22(4)16(25)23(14)10-18-13/h10-12H,5-9H2,1-4H3,(H,19,24). The zero-order valence-electron chi connectivity index (χ0n) is 15.3. The Morgan fingerprint density at radius 2 is 2.24 bits per heavy atom. The van der Waals surface area contributed by atoms with E-state index in [9.17, 15) is 9.59 Å². The molecule has 0 saturated heterocycles. The molecule has 2 unspecified atom stereocenters. The summed E-state index contributed by atoms with van der Waals surface area (Å²) in [4.78, 5) is 28.9. The first-order chi connectivity index (χ1) is 11.8. The fourth-order valence-electron chi connectivity index (χ4n) is 3.98. The summed E-state index contributed by atoms with van der Waals surface area (Å²) in [5.74, 6) is 0.995. The van der Waals surface area contributed by atoms with Crippen molar-refractivity contribution in [3.8, 4) is 0 Å².